The van der Waals surface area contributed by atoms with Crippen molar-refractivity contribution < 1.29 is 8.60 Å². The van der Waals surface area contributed by atoms with Gasteiger partial charge in [0.05, 0.1) is 22.2 Å². The normalized spacial score (nSPS) is 12.6. The van der Waals surface area contributed by atoms with Gasteiger partial charge in [0.25, 0.3) is 0 Å². The van der Waals surface area contributed by atoms with Crippen LogP contribution >= 0.6 is 0 Å². The highest BCUT2D eigenvalue weighted by molar-refractivity contribution is 7.84. The van der Waals surface area contributed by atoms with Gasteiger partial charge in [0.15, 0.2) is 0 Å². The summed E-state index contributed by atoms with van der Waals surface area (Å²) in [6.07, 6.45) is 1.71. The predicted molar refractivity (Wildman–Crippen MR) is 57.5 cm³/mol. The van der Waals surface area contributed by atoms with E-state index in [-0.39, 0.29) is 5.82 Å². The van der Waals surface area contributed by atoms with Gasteiger partial charge in [0.1, 0.15) is 5.82 Å². The number of halogens is 1. The van der Waals surface area contributed by atoms with Crippen LogP contribution in [0.25, 0.3) is 0 Å². The average Bonchev–Trinajstić information content (AvgIpc) is 2.65. The van der Waals surface area contributed by atoms with E-state index in [1.54, 1.807) is 17.9 Å². The third-order valence-electron chi connectivity index (χ3n) is 2.01. The summed E-state index contributed by atoms with van der Waals surface area (Å²) in [7, 11) is 0.536. The summed E-state index contributed by atoms with van der Waals surface area (Å²) in [6, 6.07) is 5.62. The molecule has 16 heavy (non-hydrogen) atoms. The van der Waals surface area contributed by atoms with Crippen molar-refractivity contribution >= 4 is 10.8 Å². The zero-order chi connectivity index (χ0) is 11.5. The first-order valence-electron chi connectivity index (χ1n) is 4.64. The fourth-order valence-corrected chi connectivity index (χ4v) is 2.27. The van der Waals surface area contributed by atoms with Gasteiger partial charge < -0.3 is 0 Å². The van der Waals surface area contributed by atoms with Gasteiger partial charge in [-0.2, -0.15) is 0 Å². The van der Waals surface area contributed by atoms with Crippen molar-refractivity contribution in [2.45, 2.75) is 10.6 Å². The quantitative estimate of drug-likeness (QED) is 0.810. The molecule has 0 spiro atoms. The lowest BCUT2D eigenvalue weighted by atomic mass is 10.4. The van der Waals surface area contributed by atoms with Gasteiger partial charge in [-0.15, -0.1) is 5.10 Å². The molecule has 0 radical (unpaired) electrons. The SMILES string of the molecule is Cn1cc(CS(=O)c2ccc(F)cc2)nn1. The summed E-state index contributed by atoms with van der Waals surface area (Å²) in [5.74, 6) is -0.0420. The second-order valence-electron chi connectivity index (χ2n) is 3.33. The minimum Gasteiger partial charge on any atom is -0.255 e. The molecule has 0 N–H and O–H groups in total. The number of nitrogens with zero attached hydrogens (tertiary/aromatic N) is 3. The fraction of sp³-hybridized carbons (Fsp3) is 0.200. The molecule has 2 aromatic rings. The molecule has 0 aliphatic rings. The van der Waals surface area contributed by atoms with Crippen LogP contribution in [0.4, 0.5) is 4.39 Å². The van der Waals surface area contributed by atoms with E-state index < -0.39 is 10.8 Å². The van der Waals surface area contributed by atoms with Crippen LogP contribution in [0.15, 0.2) is 35.4 Å². The average molecular weight is 239 g/mol. The summed E-state index contributed by atoms with van der Waals surface area (Å²) in [4.78, 5) is 0.590. The highest BCUT2D eigenvalue weighted by atomic mass is 32.2. The molecule has 1 heterocycles. The summed E-state index contributed by atoms with van der Waals surface area (Å²) in [6.45, 7) is 0. The summed E-state index contributed by atoms with van der Waals surface area (Å²) >= 11 is 0. The van der Waals surface area contributed by atoms with Gasteiger partial charge in [-0.25, -0.2) is 4.39 Å². The molecular weight excluding hydrogens is 229 g/mol. The maximum Gasteiger partial charge on any atom is 0.123 e. The molecule has 4 nitrogen and oxygen atoms in total. The molecule has 0 aliphatic carbocycles. The van der Waals surface area contributed by atoms with E-state index in [4.69, 9.17) is 0 Å². The Morgan fingerprint density at radius 1 is 1.38 bits per heavy atom. The highest BCUT2D eigenvalue weighted by Gasteiger charge is 2.07. The molecule has 6 heteroatoms. The van der Waals surface area contributed by atoms with E-state index in [1.807, 2.05) is 0 Å². The molecule has 0 saturated carbocycles. The Hall–Kier alpha value is -1.56. The van der Waals surface area contributed by atoms with Crippen LogP contribution in [0.1, 0.15) is 5.69 Å². The van der Waals surface area contributed by atoms with Gasteiger partial charge in [-0.3, -0.25) is 8.89 Å². The van der Waals surface area contributed by atoms with Crippen molar-refractivity contribution in [2.24, 2.45) is 7.05 Å². The van der Waals surface area contributed by atoms with E-state index in [0.717, 1.165) is 0 Å². The lowest BCUT2D eigenvalue weighted by Crippen LogP contribution is -1.97. The van der Waals surface area contributed by atoms with Crippen molar-refractivity contribution in [3.05, 3.63) is 42.0 Å². The smallest absolute Gasteiger partial charge is 0.123 e. The first-order chi connectivity index (χ1) is 7.65. The molecule has 84 valence electrons. The Bertz CT molecular complexity index is 509. The molecule has 1 aromatic carbocycles. The lowest BCUT2D eigenvalue weighted by molar-refractivity contribution is 0.626. The van der Waals surface area contributed by atoms with Crippen LogP contribution in [-0.4, -0.2) is 19.2 Å². The predicted octanol–water partition coefficient (Wildman–Crippen LogP) is 1.26. The minimum absolute atomic E-state index is 0.291. The molecule has 1 atom stereocenters. The minimum atomic E-state index is -1.21. The molecule has 0 bridgehead atoms. The number of benzene rings is 1. The van der Waals surface area contributed by atoms with Crippen molar-refractivity contribution in [1.82, 2.24) is 15.0 Å². The topological polar surface area (TPSA) is 47.8 Å². The second kappa shape index (κ2) is 4.52. The van der Waals surface area contributed by atoms with Crippen molar-refractivity contribution in [3.8, 4) is 0 Å². The van der Waals surface area contributed by atoms with Gasteiger partial charge in [-0.1, -0.05) is 5.21 Å². The van der Waals surface area contributed by atoms with Crippen LogP contribution in [0, 0.1) is 5.82 Å². The van der Waals surface area contributed by atoms with Crippen molar-refractivity contribution in [1.29, 1.82) is 0 Å². The number of hydrogen-bond acceptors (Lipinski definition) is 3. The third kappa shape index (κ3) is 2.52. The Balaban J connectivity index is 2.11. The maximum absolute atomic E-state index is 12.7. The first kappa shape index (κ1) is 10.9. The molecule has 2 rings (SSSR count). The van der Waals surface area contributed by atoms with Gasteiger partial charge >= 0.3 is 0 Å². The van der Waals surface area contributed by atoms with Gasteiger partial charge in [-0.05, 0) is 24.3 Å². The molecular formula is C10H10FN3OS. The van der Waals surface area contributed by atoms with E-state index in [2.05, 4.69) is 10.3 Å². The Labute approximate surface area is 94.6 Å². The van der Waals surface area contributed by atoms with Crippen LogP contribution in [0.2, 0.25) is 0 Å². The number of hydrogen-bond donors (Lipinski definition) is 0. The number of aromatic nitrogens is 3. The van der Waals surface area contributed by atoms with Crippen LogP contribution < -0.4 is 0 Å². The van der Waals surface area contributed by atoms with E-state index >= 15 is 0 Å². The summed E-state index contributed by atoms with van der Waals surface area (Å²) in [5, 5.41) is 7.59. The molecule has 1 aromatic heterocycles. The lowest BCUT2D eigenvalue weighted by Gasteiger charge is -1.99. The van der Waals surface area contributed by atoms with Crippen molar-refractivity contribution in [2.75, 3.05) is 0 Å². The van der Waals surface area contributed by atoms with Crippen molar-refractivity contribution in [3.63, 3.8) is 0 Å². The number of rotatable bonds is 3. The molecule has 0 fully saturated rings. The third-order valence-corrected chi connectivity index (χ3v) is 3.36. The van der Waals surface area contributed by atoms with Crippen LogP contribution in [0.3, 0.4) is 0 Å². The first-order valence-corrected chi connectivity index (χ1v) is 5.96. The standard InChI is InChI=1S/C10H10FN3OS/c1-14-6-9(12-13-14)7-16(15)10-4-2-8(11)3-5-10/h2-6H,7H2,1H3. The Kier molecular flexibility index (Phi) is 3.09. The van der Waals surface area contributed by atoms with Gasteiger partial charge in [0.2, 0.25) is 0 Å². The van der Waals surface area contributed by atoms with E-state index in [9.17, 15) is 8.60 Å². The molecule has 0 amide bonds. The van der Waals surface area contributed by atoms with Crippen LogP contribution in [0.5, 0.6) is 0 Å². The van der Waals surface area contributed by atoms with Gasteiger partial charge in [0, 0.05) is 18.1 Å². The monoisotopic (exact) mass is 239 g/mol. The molecule has 1 unspecified atom stereocenters. The Morgan fingerprint density at radius 3 is 2.62 bits per heavy atom. The largest absolute Gasteiger partial charge is 0.255 e. The molecule has 0 saturated heterocycles. The fourth-order valence-electron chi connectivity index (χ4n) is 1.27. The molecule has 0 aliphatic heterocycles. The highest BCUT2D eigenvalue weighted by Crippen LogP contribution is 2.11. The second-order valence-corrected chi connectivity index (χ2v) is 4.78. The zero-order valence-electron chi connectivity index (χ0n) is 8.63. The maximum atomic E-state index is 12.7. The zero-order valence-corrected chi connectivity index (χ0v) is 9.45. The summed E-state index contributed by atoms with van der Waals surface area (Å²) < 4.78 is 26.1. The number of aryl methyl sites for hydroxylation is 1. The Morgan fingerprint density at radius 2 is 2.06 bits per heavy atom. The summed E-state index contributed by atoms with van der Waals surface area (Å²) in [5.41, 5.74) is 0.658. The van der Waals surface area contributed by atoms with Crippen LogP contribution in [-0.2, 0) is 23.6 Å². The van der Waals surface area contributed by atoms with E-state index in [0.29, 0.717) is 16.3 Å². The van der Waals surface area contributed by atoms with E-state index in [1.165, 1.54) is 24.3 Å².